The third kappa shape index (κ3) is 13.5. The van der Waals surface area contributed by atoms with Gasteiger partial charge in [0.25, 0.3) is 5.91 Å². The Morgan fingerprint density at radius 2 is 1.72 bits per heavy atom. The van der Waals surface area contributed by atoms with Crippen LogP contribution in [0.5, 0.6) is 5.75 Å². The maximum absolute atomic E-state index is 14.1. The number of ether oxygens (including phenoxy) is 2. The molecule has 0 spiro atoms. The average molecular weight is 950 g/mol. The third-order valence-corrected chi connectivity index (χ3v) is 12.3. The second-order valence-corrected chi connectivity index (χ2v) is 19.8. The molecule has 0 unspecified atom stereocenters. The lowest BCUT2D eigenvalue weighted by Crippen LogP contribution is -2.57. The molecule has 3 aromatic heterocycles. The quantitative estimate of drug-likeness (QED) is 0.0537. The van der Waals surface area contributed by atoms with Crippen LogP contribution in [0.15, 0.2) is 78.4 Å². The molecule has 362 valence electrons. The predicted molar refractivity (Wildman–Crippen MR) is 261 cm³/mol. The molecule has 1 aliphatic heterocycles. The Labute approximate surface area is 401 Å². The molecule has 0 saturated carbocycles. The number of methoxy groups -OCH3 is 1. The number of aliphatic hydroxyl groups is 1. The van der Waals surface area contributed by atoms with Gasteiger partial charge < -0.3 is 35.4 Å². The molecule has 1 saturated heterocycles. The Kier molecular flexibility index (Phi) is 16.7. The monoisotopic (exact) mass is 949 g/mol. The van der Waals surface area contributed by atoms with Gasteiger partial charge in [-0.1, -0.05) is 63.9 Å². The molecule has 5 aromatic rings. The number of pyridine rings is 1. The first kappa shape index (κ1) is 50.7. The lowest BCUT2D eigenvalue weighted by atomic mass is 9.85. The van der Waals surface area contributed by atoms with E-state index in [-0.39, 0.29) is 43.4 Å². The number of amides is 5. The fourth-order valence-corrected chi connectivity index (χ4v) is 8.62. The minimum absolute atomic E-state index is 0.0173. The first-order valence-electron chi connectivity index (χ1n) is 22.8. The number of β-amino-alcohol motifs (C(OH)–C–C–N with tert-alkyl or cyclic N) is 1. The summed E-state index contributed by atoms with van der Waals surface area (Å²) in [5.41, 5.74) is 5.55. The molecule has 4 heterocycles. The van der Waals surface area contributed by atoms with Crippen LogP contribution in [-0.2, 0) is 25.7 Å². The molecule has 5 amide bonds. The number of aromatic nitrogens is 4. The van der Waals surface area contributed by atoms with E-state index >= 15 is 0 Å². The van der Waals surface area contributed by atoms with Crippen molar-refractivity contribution >= 4 is 52.4 Å². The van der Waals surface area contributed by atoms with Gasteiger partial charge in [-0.2, -0.15) is 5.10 Å². The van der Waals surface area contributed by atoms with E-state index in [2.05, 4.69) is 36.1 Å². The fourth-order valence-electron chi connectivity index (χ4n) is 7.81. The predicted octanol–water partition coefficient (Wildman–Crippen LogP) is 7.67. The number of aryl methyl sites for hydroxylation is 1. The van der Waals surface area contributed by atoms with E-state index in [0.717, 1.165) is 21.7 Å². The van der Waals surface area contributed by atoms with E-state index in [0.29, 0.717) is 60.7 Å². The SMILES string of the molecule is COc1cc(N(CCCCCCC(=O)N[C@H](C(=O)N2C[C@H](O)C[C@H]2C(=O)NCc2ccc(-c3scnc3C)cc2)C(C)(C)C)C(=O)OC(C)(C)C)ccc1NC(=O)c1cccc(-c2ccn[nH]2)n1. The zero-order chi connectivity index (χ0) is 49.2. The van der Waals surface area contributed by atoms with Crippen molar-refractivity contribution in [3.63, 3.8) is 0 Å². The molecule has 2 aromatic carbocycles. The molecule has 3 atom stereocenters. The second kappa shape index (κ2) is 22.4. The highest BCUT2D eigenvalue weighted by atomic mass is 32.1. The summed E-state index contributed by atoms with van der Waals surface area (Å²) in [6.07, 6.45) is 2.90. The van der Waals surface area contributed by atoms with Crippen LogP contribution in [0.2, 0.25) is 0 Å². The highest BCUT2D eigenvalue weighted by Gasteiger charge is 2.44. The van der Waals surface area contributed by atoms with Crippen LogP contribution in [0, 0.1) is 12.3 Å². The van der Waals surface area contributed by atoms with Crippen LogP contribution in [0.4, 0.5) is 16.2 Å². The van der Waals surface area contributed by atoms with E-state index in [1.54, 1.807) is 80.8 Å². The van der Waals surface area contributed by atoms with Gasteiger partial charge in [0.15, 0.2) is 0 Å². The van der Waals surface area contributed by atoms with Crippen molar-refractivity contribution in [3.8, 4) is 27.6 Å². The maximum atomic E-state index is 14.1. The zero-order valence-electron chi connectivity index (χ0n) is 40.1. The number of carbonyl (C=O) groups is 5. The normalized spacial score (nSPS) is 15.3. The summed E-state index contributed by atoms with van der Waals surface area (Å²) < 4.78 is 11.4. The van der Waals surface area contributed by atoms with Crippen molar-refractivity contribution < 1.29 is 38.6 Å². The molecular formula is C50H63N9O8S. The number of H-pyrrole nitrogens is 1. The molecule has 1 fully saturated rings. The van der Waals surface area contributed by atoms with Gasteiger partial charge in [0.2, 0.25) is 17.7 Å². The number of likely N-dealkylation sites (tertiary alicyclic amines) is 1. The molecule has 0 bridgehead atoms. The highest BCUT2D eigenvalue weighted by Crippen LogP contribution is 2.33. The van der Waals surface area contributed by atoms with Crippen molar-refractivity contribution in [2.45, 2.75) is 117 Å². The Hall–Kier alpha value is -6.66. The Morgan fingerprint density at radius 3 is 2.38 bits per heavy atom. The van der Waals surface area contributed by atoms with Gasteiger partial charge in [-0.05, 0) is 87.4 Å². The number of hydrogen-bond donors (Lipinski definition) is 5. The van der Waals surface area contributed by atoms with Crippen molar-refractivity contribution in [3.05, 3.63) is 95.4 Å². The van der Waals surface area contributed by atoms with Gasteiger partial charge >= 0.3 is 6.09 Å². The van der Waals surface area contributed by atoms with Gasteiger partial charge in [0.1, 0.15) is 29.1 Å². The summed E-state index contributed by atoms with van der Waals surface area (Å²) in [6.45, 7) is 13.4. The minimum atomic E-state index is -0.937. The number of aromatic amines is 1. The summed E-state index contributed by atoms with van der Waals surface area (Å²) in [7, 11) is 1.47. The van der Waals surface area contributed by atoms with Gasteiger partial charge in [0.05, 0.1) is 52.1 Å². The van der Waals surface area contributed by atoms with Crippen LogP contribution in [0.3, 0.4) is 0 Å². The third-order valence-electron chi connectivity index (χ3n) is 11.4. The summed E-state index contributed by atoms with van der Waals surface area (Å²) in [4.78, 5) is 80.7. The van der Waals surface area contributed by atoms with E-state index in [1.165, 1.54) is 16.9 Å². The number of rotatable bonds is 18. The fraction of sp³-hybridized carbons (Fsp3) is 0.440. The summed E-state index contributed by atoms with van der Waals surface area (Å²) >= 11 is 1.57. The van der Waals surface area contributed by atoms with E-state index in [1.807, 2.05) is 57.5 Å². The van der Waals surface area contributed by atoms with Crippen molar-refractivity contribution in [2.75, 3.05) is 30.4 Å². The molecule has 6 rings (SSSR count). The first-order chi connectivity index (χ1) is 32.3. The molecule has 18 heteroatoms. The highest BCUT2D eigenvalue weighted by molar-refractivity contribution is 7.13. The van der Waals surface area contributed by atoms with Crippen LogP contribution >= 0.6 is 11.3 Å². The Balaban J connectivity index is 1.01. The molecule has 68 heavy (non-hydrogen) atoms. The van der Waals surface area contributed by atoms with Gasteiger partial charge in [0, 0.05) is 44.7 Å². The number of aliphatic hydroxyl groups excluding tert-OH is 1. The molecule has 17 nitrogen and oxygen atoms in total. The summed E-state index contributed by atoms with van der Waals surface area (Å²) in [5, 5.41) is 26.2. The number of benzene rings is 2. The lowest BCUT2D eigenvalue weighted by molar-refractivity contribution is -0.144. The number of anilines is 2. The van der Waals surface area contributed by atoms with Crippen molar-refractivity contribution in [1.82, 2.24) is 35.7 Å². The van der Waals surface area contributed by atoms with Crippen molar-refractivity contribution in [2.24, 2.45) is 5.41 Å². The number of unbranched alkanes of at least 4 members (excludes halogenated alkanes) is 3. The summed E-state index contributed by atoms with van der Waals surface area (Å²) in [6, 6.07) is 17.9. The number of nitrogens with zero attached hydrogens (tertiary/aromatic N) is 5. The standard InChI is InChI=1S/C50H63N9O8S/c1-31-43(68-30-52-31)33-19-17-32(18-20-33)28-51-46(63)40-27-35(60)29-59(40)47(64)44(49(2,3)4)56-42(61)16-11-9-10-12-25-58(48(65)67-50(5,6)7)34-21-22-38(41(26-34)66-8)55-45(62)39-15-13-14-36(54-39)37-23-24-53-57-37/h13-15,17-24,26,30,35,40,44,60H,9-12,16,25,27-29H2,1-8H3,(H,51,63)(H,53,57)(H,55,62)(H,56,61)/t35-,40+,44-/m1/s1. The Morgan fingerprint density at radius 1 is 0.971 bits per heavy atom. The molecule has 1 aliphatic rings. The number of carbonyl (C=O) groups excluding carboxylic acids is 5. The average Bonchev–Trinajstić information content (AvgIpc) is 4.08. The maximum Gasteiger partial charge on any atom is 0.414 e. The van der Waals surface area contributed by atoms with E-state index < -0.39 is 47.1 Å². The molecular weight excluding hydrogens is 887 g/mol. The Bertz CT molecular complexity index is 2530. The lowest BCUT2D eigenvalue weighted by Gasteiger charge is -2.35. The van der Waals surface area contributed by atoms with Crippen LogP contribution in [0.25, 0.3) is 21.8 Å². The van der Waals surface area contributed by atoms with E-state index in [9.17, 15) is 29.1 Å². The molecule has 0 aliphatic carbocycles. The summed E-state index contributed by atoms with van der Waals surface area (Å²) in [5.74, 6) is -1.22. The van der Waals surface area contributed by atoms with Crippen LogP contribution in [0.1, 0.15) is 102 Å². The van der Waals surface area contributed by atoms with E-state index in [4.69, 9.17) is 9.47 Å². The minimum Gasteiger partial charge on any atom is -0.494 e. The number of hydrogen-bond acceptors (Lipinski definition) is 12. The first-order valence-corrected chi connectivity index (χ1v) is 23.7. The molecule has 0 radical (unpaired) electrons. The second-order valence-electron chi connectivity index (χ2n) is 19.0. The number of thiazole rings is 1. The van der Waals surface area contributed by atoms with Crippen LogP contribution < -0.4 is 25.6 Å². The van der Waals surface area contributed by atoms with Gasteiger partial charge in [-0.3, -0.25) is 29.2 Å². The smallest absolute Gasteiger partial charge is 0.414 e. The zero-order valence-corrected chi connectivity index (χ0v) is 40.9. The van der Waals surface area contributed by atoms with Gasteiger partial charge in [-0.25, -0.2) is 14.8 Å². The number of nitrogens with one attached hydrogen (secondary N) is 4. The van der Waals surface area contributed by atoms with Gasteiger partial charge in [-0.15, -0.1) is 11.3 Å². The topological polar surface area (TPSA) is 221 Å². The van der Waals surface area contributed by atoms with Crippen molar-refractivity contribution in [1.29, 1.82) is 0 Å². The largest absolute Gasteiger partial charge is 0.494 e. The van der Waals surface area contributed by atoms with Crippen LogP contribution in [-0.4, -0.2) is 104 Å². The molecule has 5 N–H and O–H groups in total.